The molecule has 1 aromatic heterocycles. The highest BCUT2D eigenvalue weighted by Crippen LogP contribution is 2.36. The second-order valence-corrected chi connectivity index (χ2v) is 6.70. The van der Waals surface area contributed by atoms with E-state index in [0.717, 1.165) is 31.2 Å². The number of ether oxygens (including phenoxy) is 1. The summed E-state index contributed by atoms with van der Waals surface area (Å²) in [6.45, 7) is 0.595. The van der Waals surface area contributed by atoms with E-state index in [9.17, 15) is 9.59 Å². The number of hydrogen-bond donors (Lipinski definition) is 0. The van der Waals surface area contributed by atoms with Crippen LogP contribution in [0.1, 0.15) is 58.0 Å². The van der Waals surface area contributed by atoms with Gasteiger partial charge in [0.25, 0.3) is 5.91 Å². The fraction of sp³-hybridized carbons (Fsp3) is 0.421. The number of carbonyl (C=O) groups excluding carboxylic acids is 2. The first-order valence-corrected chi connectivity index (χ1v) is 8.70. The van der Waals surface area contributed by atoms with Gasteiger partial charge in [-0.05, 0) is 36.6 Å². The Morgan fingerprint density at radius 1 is 1.24 bits per heavy atom. The zero-order valence-corrected chi connectivity index (χ0v) is 14.2. The van der Waals surface area contributed by atoms with Gasteiger partial charge in [-0.25, -0.2) is 4.79 Å². The molecule has 0 bridgehead atoms. The van der Waals surface area contributed by atoms with Crippen molar-refractivity contribution >= 4 is 11.9 Å². The Bertz CT molecular complexity index is 800. The second-order valence-electron chi connectivity index (χ2n) is 6.70. The maximum Gasteiger partial charge on any atom is 0.337 e. The van der Waals surface area contributed by atoms with Crippen LogP contribution in [0.2, 0.25) is 0 Å². The molecule has 2 atom stereocenters. The smallest absolute Gasteiger partial charge is 0.337 e. The maximum absolute atomic E-state index is 13.0. The lowest BCUT2D eigenvalue weighted by Crippen LogP contribution is -2.43. The van der Waals surface area contributed by atoms with E-state index in [1.54, 1.807) is 18.3 Å². The first kappa shape index (κ1) is 15.9. The number of nitrogens with zero attached hydrogens (tertiary/aromatic N) is 3. The summed E-state index contributed by atoms with van der Waals surface area (Å²) in [5.74, 6) is -0.411. The van der Waals surface area contributed by atoms with Crippen LogP contribution >= 0.6 is 0 Å². The molecule has 25 heavy (non-hydrogen) atoms. The number of rotatable bonds is 3. The van der Waals surface area contributed by atoms with Crippen molar-refractivity contribution in [1.29, 1.82) is 0 Å². The van der Waals surface area contributed by atoms with Gasteiger partial charge in [0.05, 0.1) is 24.8 Å². The van der Waals surface area contributed by atoms with E-state index in [-0.39, 0.29) is 18.0 Å². The molecule has 1 amide bonds. The highest BCUT2D eigenvalue weighted by atomic mass is 16.5. The zero-order chi connectivity index (χ0) is 17.4. The number of methoxy groups -OCH3 is 1. The summed E-state index contributed by atoms with van der Waals surface area (Å²) < 4.78 is 6.75. The molecular formula is C19H21N3O3. The van der Waals surface area contributed by atoms with E-state index >= 15 is 0 Å². The topological polar surface area (TPSA) is 64.4 Å². The van der Waals surface area contributed by atoms with Gasteiger partial charge in [0.15, 0.2) is 0 Å². The van der Waals surface area contributed by atoms with Crippen LogP contribution < -0.4 is 0 Å². The summed E-state index contributed by atoms with van der Waals surface area (Å²) in [5.41, 5.74) is 2.01. The number of fused-ring (bicyclic) bond motifs is 1. The minimum Gasteiger partial charge on any atom is -0.465 e. The zero-order valence-electron chi connectivity index (χ0n) is 14.2. The van der Waals surface area contributed by atoms with E-state index in [1.165, 1.54) is 7.11 Å². The Morgan fingerprint density at radius 2 is 2.04 bits per heavy atom. The minimum absolute atomic E-state index is 0.00445. The van der Waals surface area contributed by atoms with Gasteiger partial charge >= 0.3 is 5.97 Å². The standard InChI is InChI=1S/C19H21N3O3/c1-25-19(24)13-7-8-14-12-21(18(23)15(14)11-13)16-5-2-3-6-17(16)22-10-4-9-20-22/h4,7-11,16-17H,2-3,5-6,12H2,1H3/t16-,17?/m0/s1. The molecule has 1 saturated carbocycles. The molecule has 1 aliphatic heterocycles. The molecule has 0 spiro atoms. The van der Waals surface area contributed by atoms with Gasteiger partial charge in [-0.15, -0.1) is 0 Å². The highest BCUT2D eigenvalue weighted by Gasteiger charge is 2.39. The van der Waals surface area contributed by atoms with Crippen LogP contribution in [0.3, 0.4) is 0 Å². The molecule has 2 aromatic rings. The molecule has 0 radical (unpaired) electrons. The molecule has 1 fully saturated rings. The molecule has 2 aliphatic rings. The van der Waals surface area contributed by atoms with Crippen molar-refractivity contribution in [3.63, 3.8) is 0 Å². The van der Waals surface area contributed by atoms with Gasteiger partial charge in [0.2, 0.25) is 0 Å². The fourth-order valence-corrected chi connectivity index (χ4v) is 4.08. The summed E-state index contributed by atoms with van der Waals surface area (Å²) in [4.78, 5) is 26.7. The number of aromatic nitrogens is 2. The van der Waals surface area contributed by atoms with Crippen LogP contribution in [0.5, 0.6) is 0 Å². The van der Waals surface area contributed by atoms with Crippen LogP contribution in [0, 0.1) is 0 Å². The van der Waals surface area contributed by atoms with Crippen molar-refractivity contribution < 1.29 is 14.3 Å². The summed E-state index contributed by atoms with van der Waals surface area (Å²) >= 11 is 0. The van der Waals surface area contributed by atoms with Crippen LogP contribution in [-0.2, 0) is 11.3 Å². The normalized spacial score (nSPS) is 22.8. The predicted molar refractivity (Wildman–Crippen MR) is 91.2 cm³/mol. The maximum atomic E-state index is 13.0. The van der Waals surface area contributed by atoms with Crippen LogP contribution in [0.4, 0.5) is 0 Å². The molecular weight excluding hydrogens is 318 g/mol. The Morgan fingerprint density at radius 3 is 2.76 bits per heavy atom. The lowest BCUT2D eigenvalue weighted by atomic mass is 9.89. The third kappa shape index (κ3) is 2.71. The monoisotopic (exact) mass is 339 g/mol. The van der Waals surface area contributed by atoms with E-state index in [0.29, 0.717) is 17.7 Å². The summed E-state index contributed by atoms with van der Waals surface area (Å²) in [6, 6.07) is 7.53. The van der Waals surface area contributed by atoms with E-state index < -0.39 is 5.97 Å². The molecule has 0 N–H and O–H groups in total. The second kappa shape index (κ2) is 6.35. The van der Waals surface area contributed by atoms with Gasteiger partial charge in [-0.1, -0.05) is 18.9 Å². The number of carbonyl (C=O) groups is 2. The highest BCUT2D eigenvalue weighted by molar-refractivity contribution is 6.01. The first-order valence-electron chi connectivity index (χ1n) is 8.70. The van der Waals surface area contributed by atoms with Crippen molar-refractivity contribution in [2.45, 2.75) is 44.3 Å². The summed E-state index contributed by atoms with van der Waals surface area (Å²) in [5, 5.41) is 4.40. The van der Waals surface area contributed by atoms with Crippen molar-refractivity contribution in [3.05, 3.63) is 53.3 Å². The molecule has 1 aromatic carbocycles. The Labute approximate surface area is 146 Å². The lowest BCUT2D eigenvalue weighted by molar-refractivity contribution is 0.0559. The Balaban J connectivity index is 1.63. The molecule has 6 nitrogen and oxygen atoms in total. The van der Waals surface area contributed by atoms with E-state index in [1.807, 2.05) is 27.9 Å². The number of esters is 1. The van der Waals surface area contributed by atoms with Gasteiger partial charge in [0, 0.05) is 24.5 Å². The van der Waals surface area contributed by atoms with Crippen LogP contribution in [0.15, 0.2) is 36.7 Å². The fourth-order valence-electron chi connectivity index (χ4n) is 4.08. The molecule has 4 rings (SSSR count). The van der Waals surface area contributed by atoms with E-state index in [4.69, 9.17) is 4.74 Å². The Hall–Kier alpha value is -2.63. The quantitative estimate of drug-likeness (QED) is 0.807. The van der Waals surface area contributed by atoms with Crippen molar-refractivity contribution in [2.24, 2.45) is 0 Å². The molecule has 2 heterocycles. The average Bonchev–Trinajstić information content (AvgIpc) is 3.29. The predicted octanol–water partition coefficient (Wildman–Crippen LogP) is 2.81. The Kier molecular flexibility index (Phi) is 4.03. The van der Waals surface area contributed by atoms with Crippen LogP contribution in [-0.4, -0.2) is 39.7 Å². The SMILES string of the molecule is COC(=O)c1ccc2c(c1)C(=O)N([C@H]1CCCCC1n1cccn1)C2. The van der Waals surface area contributed by atoms with Crippen LogP contribution in [0.25, 0.3) is 0 Å². The average molecular weight is 339 g/mol. The molecule has 1 aliphatic carbocycles. The molecule has 1 unspecified atom stereocenters. The van der Waals surface area contributed by atoms with Gasteiger partial charge in [-0.2, -0.15) is 5.10 Å². The van der Waals surface area contributed by atoms with Gasteiger partial charge in [0.1, 0.15) is 0 Å². The van der Waals surface area contributed by atoms with Crippen molar-refractivity contribution in [2.75, 3.05) is 7.11 Å². The largest absolute Gasteiger partial charge is 0.465 e. The third-order valence-corrected chi connectivity index (χ3v) is 5.32. The van der Waals surface area contributed by atoms with E-state index in [2.05, 4.69) is 5.10 Å². The molecule has 130 valence electrons. The summed E-state index contributed by atoms with van der Waals surface area (Å²) in [7, 11) is 1.35. The molecule has 6 heteroatoms. The number of amides is 1. The third-order valence-electron chi connectivity index (χ3n) is 5.32. The lowest BCUT2D eigenvalue weighted by Gasteiger charge is -2.38. The number of hydrogen-bond acceptors (Lipinski definition) is 4. The van der Waals surface area contributed by atoms with Crippen molar-refractivity contribution in [1.82, 2.24) is 14.7 Å². The molecule has 0 saturated heterocycles. The van der Waals surface area contributed by atoms with Gasteiger partial charge < -0.3 is 9.64 Å². The summed E-state index contributed by atoms with van der Waals surface area (Å²) in [6.07, 6.45) is 8.05. The van der Waals surface area contributed by atoms with Gasteiger partial charge in [-0.3, -0.25) is 9.48 Å². The minimum atomic E-state index is -0.416. The van der Waals surface area contributed by atoms with Crippen molar-refractivity contribution in [3.8, 4) is 0 Å². The first-order chi connectivity index (χ1) is 12.2. The number of benzene rings is 1.